The first-order valence-electron chi connectivity index (χ1n) is 2.70. The molecule has 0 aromatic heterocycles. The minimum Gasteiger partial charge on any atom is -0.394 e. The van der Waals surface area contributed by atoms with Gasteiger partial charge in [0.15, 0.2) is 0 Å². The maximum Gasteiger partial charge on any atom is 0.103 e. The second kappa shape index (κ2) is 5.01. The predicted molar refractivity (Wildman–Crippen MR) is 33.1 cm³/mol. The summed E-state index contributed by atoms with van der Waals surface area (Å²) in [7, 11) is 0. The SMILES string of the molecule is [N-]=[N+]=NC[C@H](O)C(O)CO. The number of nitrogens with zero attached hydrogens (tertiary/aromatic N) is 3. The average molecular weight is 147 g/mol. The van der Waals surface area contributed by atoms with Crippen LogP contribution in [0.5, 0.6) is 0 Å². The molecule has 0 saturated heterocycles. The van der Waals surface area contributed by atoms with Crippen LogP contribution in [-0.2, 0) is 0 Å². The van der Waals surface area contributed by atoms with Crippen LogP contribution in [0.2, 0.25) is 0 Å². The van der Waals surface area contributed by atoms with Crippen molar-refractivity contribution in [1.29, 1.82) is 0 Å². The maximum absolute atomic E-state index is 8.77. The first-order valence-corrected chi connectivity index (χ1v) is 2.70. The fraction of sp³-hybridized carbons (Fsp3) is 1.00. The van der Waals surface area contributed by atoms with Crippen molar-refractivity contribution in [1.82, 2.24) is 0 Å². The van der Waals surface area contributed by atoms with Crippen molar-refractivity contribution in [2.75, 3.05) is 13.2 Å². The van der Waals surface area contributed by atoms with Gasteiger partial charge in [0.25, 0.3) is 0 Å². The summed E-state index contributed by atoms with van der Waals surface area (Å²) < 4.78 is 0. The quantitative estimate of drug-likeness (QED) is 0.270. The van der Waals surface area contributed by atoms with E-state index in [0.717, 1.165) is 0 Å². The average Bonchev–Trinajstić information content (AvgIpc) is 1.98. The molecule has 2 atom stereocenters. The molecule has 0 rings (SSSR count). The molecular formula is C4H9N3O3. The second-order valence-corrected chi connectivity index (χ2v) is 1.73. The van der Waals surface area contributed by atoms with E-state index in [1.807, 2.05) is 0 Å². The van der Waals surface area contributed by atoms with Crippen LogP contribution >= 0.6 is 0 Å². The first-order chi connectivity index (χ1) is 4.72. The van der Waals surface area contributed by atoms with E-state index in [4.69, 9.17) is 20.9 Å². The summed E-state index contributed by atoms with van der Waals surface area (Å²) >= 11 is 0. The summed E-state index contributed by atoms with van der Waals surface area (Å²) in [6.45, 7) is -0.764. The normalized spacial score (nSPS) is 15.5. The Balaban J connectivity index is 3.60. The molecular weight excluding hydrogens is 138 g/mol. The molecule has 0 bridgehead atoms. The van der Waals surface area contributed by atoms with Gasteiger partial charge in [-0.15, -0.1) is 0 Å². The van der Waals surface area contributed by atoms with Crippen molar-refractivity contribution in [3.8, 4) is 0 Å². The summed E-state index contributed by atoms with van der Waals surface area (Å²) in [5.74, 6) is 0. The van der Waals surface area contributed by atoms with Crippen LogP contribution in [0, 0.1) is 0 Å². The molecule has 6 nitrogen and oxygen atoms in total. The van der Waals surface area contributed by atoms with Crippen molar-refractivity contribution in [2.24, 2.45) is 5.11 Å². The van der Waals surface area contributed by atoms with E-state index >= 15 is 0 Å². The number of aliphatic hydroxyl groups excluding tert-OH is 3. The van der Waals surface area contributed by atoms with Gasteiger partial charge in [0.1, 0.15) is 6.10 Å². The minimum absolute atomic E-state index is 0.224. The molecule has 0 aromatic rings. The van der Waals surface area contributed by atoms with Gasteiger partial charge < -0.3 is 15.3 Å². The van der Waals surface area contributed by atoms with Gasteiger partial charge >= 0.3 is 0 Å². The smallest absolute Gasteiger partial charge is 0.103 e. The lowest BCUT2D eigenvalue weighted by atomic mass is 10.2. The number of hydrogen-bond acceptors (Lipinski definition) is 4. The largest absolute Gasteiger partial charge is 0.394 e. The summed E-state index contributed by atoms with van der Waals surface area (Å²) in [6, 6.07) is 0. The highest BCUT2D eigenvalue weighted by Gasteiger charge is 2.12. The number of azide groups is 1. The van der Waals surface area contributed by atoms with Crippen molar-refractivity contribution in [2.45, 2.75) is 12.2 Å². The van der Waals surface area contributed by atoms with Gasteiger partial charge in [-0.05, 0) is 5.53 Å². The standard InChI is InChI=1S/C4H9N3O3/c5-7-6-1-3(9)4(10)2-8/h3-4,8-10H,1-2H2/t3-,4?/m0/s1. The molecule has 0 aliphatic carbocycles. The Morgan fingerprint density at radius 2 is 2.00 bits per heavy atom. The van der Waals surface area contributed by atoms with Gasteiger partial charge in [0.2, 0.25) is 0 Å². The monoisotopic (exact) mass is 147 g/mol. The zero-order valence-corrected chi connectivity index (χ0v) is 5.25. The van der Waals surface area contributed by atoms with E-state index in [-0.39, 0.29) is 6.54 Å². The Bertz CT molecular complexity index is 134. The molecule has 0 heterocycles. The Morgan fingerprint density at radius 3 is 2.40 bits per heavy atom. The Labute approximate surface area is 57.4 Å². The lowest BCUT2D eigenvalue weighted by Gasteiger charge is -2.11. The number of hydrogen-bond donors (Lipinski definition) is 3. The maximum atomic E-state index is 8.77. The van der Waals surface area contributed by atoms with Gasteiger partial charge in [-0.25, -0.2) is 0 Å². The van der Waals surface area contributed by atoms with E-state index in [9.17, 15) is 0 Å². The molecule has 0 amide bonds. The lowest BCUT2D eigenvalue weighted by molar-refractivity contribution is -0.00888. The molecule has 0 aromatic carbocycles. The van der Waals surface area contributed by atoms with Crippen LogP contribution in [0.15, 0.2) is 5.11 Å². The van der Waals surface area contributed by atoms with Gasteiger partial charge in [-0.3, -0.25) is 0 Å². The van der Waals surface area contributed by atoms with Gasteiger partial charge in [-0.2, -0.15) is 0 Å². The molecule has 58 valence electrons. The molecule has 1 unspecified atom stereocenters. The molecule has 10 heavy (non-hydrogen) atoms. The van der Waals surface area contributed by atoms with E-state index in [0.29, 0.717) is 0 Å². The first kappa shape index (κ1) is 9.19. The summed E-state index contributed by atoms with van der Waals surface area (Å²) in [4.78, 5) is 2.36. The third kappa shape index (κ3) is 3.26. The summed E-state index contributed by atoms with van der Waals surface area (Å²) in [6.07, 6.45) is -2.41. The van der Waals surface area contributed by atoms with Crippen LogP contribution in [0.25, 0.3) is 10.4 Å². The number of aliphatic hydroxyl groups is 3. The molecule has 0 saturated carbocycles. The molecule has 0 aliphatic heterocycles. The molecule has 0 fully saturated rings. The highest BCUT2D eigenvalue weighted by atomic mass is 16.4. The fourth-order valence-corrected chi connectivity index (χ4v) is 0.364. The predicted octanol–water partition coefficient (Wildman–Crippen LogP) is -0.989. The van der Waals surface area contributed by atoms with Crippen LogP contribution < -0.4 is 0 Å². The van der Waals surface area contributed by atoms with Gasteiger partial charge in [0.05, 0.1) is 19.3 Å². The number of rotatable bonds is 4. The highest BCUT2D eigenvalue weighted by Crippen LogP contribution is 1.92. The zero-order valence-electron chi connectivity index (χ0n) is 5.25. The van der Waals surface area contributed by atoms with Gasteiger partial charge in [-0.1, -0.05) is 5.11 Å². The lowest BCUT2D eigenvalue weighted by Crippen LogP contribution is -2.31. The van der Waals surface area contributed by atoms with Crippen LogP contribution in [-0.4, -0.2) is 40.7 Å². The Kier molecular flexibility index (Phi) is 4.61. The van der Waals surface area contributed by atoms with E-state index in [1.54, 1.807) is 0 Å². The topological polar surface area (TPSA) is 109 Å². The van der Waals surface area contributed by atoms with Crippen molar-refractivity contribution < 1.29 is 15.3 Å². The molecule has 3 N–H and O–H groups in total. The molecule has 0 aliphatic rings. The van der Waals surface area contributed by atoms with Crippen LogP contribution in [0.1, 0.15) is 0 Å². The third-order valence-electron chi connectivity index (χ3n) is 0.963. The fourth-order valence-electron chi connectivity index (χ4n) is 0.364. The molecule has 0 spiro atoms. The van der Waals surface area contributed by atoms with Crippen molar-refractivity contribution in [3.05, 3.63) is 10.4 Å². The Hall–Kier alpha value is -0.810. The molecule has 6 heteroatoms. The third-order valence-corrected chi connectivity index (χ3v) is 0.963. The van der Waals surface area contributed by atoms with Crippen LogP contribution in [0.4, 0.5) is 0 Å². The molecule has 0 radical (unpaired) electrons. The minimum atomic E-state index is -1.23. The van der Waals surface area contributed by atoms with Crippen molar-refractivity contribution in [3.63, 3.8) is 0 Å². The summed E-state index contributed by atoms with van der Waals surface area (Å²) in [5.41, 5.74) is 7.77. The Morgan fingerprint density at radius 1 is 1.40 bits per heavy atom. The van der Waals surface area contributed by atoms with Gasteiger partial charge in [0, 0.05) is 4.91 Å². The highest BCUT2D eigenvalue weighted by molar-refractivity contribution is 4.68. The zero-order chi connectivity index (χ0) is 7.98. The van der Waals surface area contributed by atoms with E-state index < -0.39 is 18.8 Å². The van der Waals surface area contributed by atoms with E-state index in [2.05, 4.69) is 10.0 Å². The van der Waals surface area contributed by atoms with Crippen molar-refractivity contribution >= 4 is 0 Å². The van der Waals surface area contributed by atoms with Crippen LogP contribution in [0.3, 0.4) is 0 Å². The van der Waals surface area contributed by atoms with E-state index in [1.165, 1.54) is 0 Å². The summed E-state index contributed by atoms with van der Waals surface area (Å²) in [5, 5.41) is 28.7. The second-order valence-electron chi connectivity index (χ2n) is 1.73.